The first-order chi connectivity index (χ1) is 20.1. The molecule has 0 radical (unpaired) electrons. The molecule has 0 aromatic heterocycles. The highest BCUT2D eigenvalue weighted by molar-refractivity contribution is 5.79. The van der Waals surface area contributed by atoms with Crippen molar-refractivity contribution in [1.29, 1.82) is 0 Å². The van der Waals surface area contributed by atoms with Gasteiger partial charge in [-0.1, -0.05) is 12.1 Å². The van der Waals surface area contributed by atoms with E-state index in [-0.39, 0.29) is 30.1 Å². The van der Waals surface area contributed by atoms with Crippen LogP contribution in [0, 0.1) is 5.92 Å². The zero-order valence-corrected chi connectivity index (χ0v) is 25.7. The van der Waals surface area contributed by atoms with E-state index in [0.29, 0.717) is 39.5 Å². The number of rotatable bonds is 10. The fourth-order valence-electron chi connectivity index (χ4n) is 5.53. The van der Waals surface area contributed by atoms with Crippen molar-refractivity contribution in [2.75, 3.05) is 40.0 Å². The lowest BCUT2D eigenvalue weighted by atomic mass is 9.84. The second-order valence-electron chi connectivity index (χ2n) is 12.0. The van der Waals surface area contributed by atoms with Gasteiger partial charge in [0.25, 0.3) is 0 Å². The molecule has 2 aromatic rings. The first-order valence-electron chi connectivity index (χ1n) is 15.0. The number of carbonyl (C=O) groups excluding carboxylic acids is 2. The van der Waals surface area contributed by atoms with Gasteiger partial charge < -0.3 is 33.5 Å². The van der Waals surface area contributed by atoms with E-state index in [1.54, 1.807) is 7.11 Å². The molecular formula is C33H46N2O7. The molecule has 42 heavy (non-hydrogen) atoms. The molecule has 1 atom stereocenters. The lowest BCUT2D eigenvalue weighted by molar-refractivity contribution is -0.145. The Hall–Kier alpha value is -3.46. The van der Waals surface area contributed by atoms with Gasteiger partial charge in [-0.15, -0.1) is 0 Å². The normalized spacial score (nSPS) is 20.9. The monoisotopic (exact) mass is 582 g/mol. The predicted octanol–water partition coefficient (Wildman–Crippen LogP) is 5.70. The van der Waals surface area contributed by atoms with Crippen molar-refractivity contribution in [1.82, 2.24) is 9.80 Å². The molecule has 1 aliphatic carbocycles. The molecule has 1 heterocycles. The average Bonchev–Trinajstić information content (AvgIpc) is 2.98. The molecule has 0 N–H and O–H groups in total. The van der Waals surface area contributed by atoms with Crippen molar-refractivity contribution >= 4 is 12.0 Å². The fourth-order valence-corrected chi connectivity index (χ4v) is 5.53. The van der Waals surface area contributed by atoms with Gasteiger partial charge in [-0.25, -0.2) is 4.79 Å². The summed E-state index contributed by atoms with van der Waals surface area (Å²) in [5.74, 6) is 2.39. The highest BCUT2D eigenvalue weighted by Gasteiger charge is 2.36. The van der Waals surface area contributed by atoms with E-state index in [9.17, 15) is 9.59 Å². The number of hydrogen-bond donors (Lipinski definition) is 0. The third kappa shape index (κ3) is 9.02. The standard InChI is InChI=1S/C33H46N2O7/c1-6-39-29-9-7-8-24(20-29)21-35(32(37)42-33(2,3)4)26-12-10-25(11-13-26)31(36)34-18-19-40-30(22-34)23-41-28-16-14-27(38-5)15-17-28/h7-9,14-17,20,25-26,30H,6,10-13,18-19,21-23H2,1-5H3. The summed E-state index contributed by atoms with van der Waals surface area (Å²) < 4.78 is 28.5. The number of nitrogens with zero attached hydrogens (tertiary/aromatic N) is 2. The van der Waals surface area contributed by atoms with Crippen molar-refractivity contribution in [3.8, 4) is 17.2 Å². The van der Waals surface area contributed by atoms with Gasteiger partial charge in [-0.2, -0.15) is 0 Å². The summed E-state index contributed by atoms with van der Waals surface area (Å²) in [5.41, 5.74) is 0.390. The first kappa shape index (κ1) is 31.5. The Morgan fingerprint density at radius 3 is 2.36 bits per heavy atom. The second-order valence-corrected chi connectivity index (χ2v) is 12.0. The molecule has 1 unspecified atom stereocenters. The summed E-state index contributed by atoms with van der Waals surface area (Å²) in [6.07, 6.45) is 2.44. The van der Waals surface area contributed by atoms with Gasteiger partial charge in [0.15, 0.2) is 0 Å². The molecule has 4 rings (SSSR count). The Bertz CT molecular complexity index is 1160. The summed E-state index contributed by atoms with van der Waals surface area (Å²) in [4.78, 5) is 30.6. The molecule has 230 valence electrons. The van der Waals surface area contributed by atoms with Crippen LogP contribution >= 0.6 is 0 Å². The Morgan fingerprint density at radius 2 is 1.69 bits per heavy atom. The molecule has 1 saturated carbocycles. The summed E-state index contributed by atoms with van der Waals surface area (Å²) >= 11 is 0. The van der Waals surface area contributed by atoms with Gasteiger partial charge >= 0.3 is 6.09 Å². The maximum atomic E-state index is 13.5. The zero-order valence-electron chi connectivity index (χ0n) is 25.7. The van der Waals surface area contributed by atoms with Crippen LogP contribution in [0.2, 0.25) is 0 Å². The fraction of sp³-hybridized carbons (Fsp3) is 0.576. The minimum atomic E-state index is -0.598. The van der Waals surface area contributed by atoms with E-state index in [0.717, 1.165) is 48.5 Å². The maximum Gasteiger partial charge on any atom is 0.410 e. The van der Waals surface area contributed by atoms with Crippen LogP contribution in [0.5, 0.6) is 17.2 Å². The number of morpholine rings is 1. The maximum absolute atomic E-state index is 13.5. The van der Waals surface area contributed by atoms with Crippen molar-refractivity contribution in [3.05, 3.63) is 54.1 Å². The van der Waals surface area contributed by atoms with Gasteiger partial charge in [0, 0.05) is 25.0 Å². The van der Waals surface area contributed by atoms with Crippen molar-refractivity contribution in [3.63, 3.8) is 0 Å². The SMILES string of the molecule is CCOc1cccc(CN(C(=O)OC(C)(C)C)C2CCC(C(=O)N3CCOC(COc4ccc(OC)cc4)C3)CC2)c1. The molecule has 2 aromatic carbocycles. The van der Waals surface area contributed by atoms with E-state index in [1.807, 2.05) is 86.0 Å². The average molecular weight is 583 g/mol. The first-order valence-corrected chi connectivity index (χ1v) is 15.0. The van der Waals surface area contributed by atoms with Crippen LogP contribution in [-0.4, -0.2) is 79.6 Å². The lowest BCUT2D eigenvalue weighted by Crippen LogP contribution is -2.51. The van der Waals surface area contributed by atoms with Gasteiger partial charge in [0.05, 0.1) is 26.9 Å². The van der Waals surface area contributed by atoms with Crippen LogP contribution in [0.25, 0.3) is 0 Å². The van der Waals surface area contributed by atoms with E-state index < -0.39 is 5.60 Å². The van der Waals surface area contributed by atoms with Crippen LogP contribution < -0.4 is 14.2 Å². The van der Waals surface area contributed by atoms with Gasteiger partial charge in [-0.3, -0.25) is 4.79 Å². The van der Waals surface area contributed by atoms with Crippen LogP contribution in [0.1, 0.15) is 58.9 Å². The van der Waals surface area contributed by atoms with E-state index >= 15 is 0 Å². The van der Waals surface area contributed by atoms with Gasteiger partial charge in [0.1, 0.15) is 35.6 Å². The highest BCUT2D eigenvalue weighted by atomic mass is 16.6. The van der Waals surface area contributed by atoms with Crippen LogP contribution in [-0.2, 0) is 20.8 Å². The highest BCUT2D eigenvalue weighted by Crippen LogP contribution is 2.32. The number of methoxy groups -OCH3 is 1. The smallest absolute Gasteiger partial charge is 0.410 e. The Morgan fingerprint density at radius 1 is 0.976 bits per heavy atom. The number of hydrogen-bond acceptors (Lipinski definition) is 7. The third-order valence-corrected chi connectivity index (χ3v) is 7.62. The lowest BCUT2D eigenvalue weighted by Gasteiger charge is -2.39. The minimum absolute atomic E-state index is 0.00464. The Kier molecular flexibility index (Phi) is 11.0. The summed E-state index contributed by atoms with van der Waals surface area (Å²) in [5, 5.41) is 0. The minimum Gasteiger partial charge on any atom is -0.497 e. The summed E-state index contributed by atoms with van der Waals surface area (Å²) in [7, 11) is 1.63. The third-order valence-electron chi connectivity index (χ3n) is 7.62. The number of amides is 2. The van der Waals surface area contributed by atoms with Crippen LogP contribution in [0.3, 0.4) is 0 Å². The summed E-state index contributed by atoms with van der Waals surface area (Å²) in [6.45, 7) is 10.6. The van der Waals surface area contributed by atoms with E-state index in [4.69, 9.17) is 23.7 Å². The largest absolute Gasteiger partial charge is 0.497 e. The van der Waals surface area contributed by atoms with Crippen molar-refractivity contribution in [2.45, 2.75) is 77.7 Å². The molecule has 1 saturated heterocycles. The Labute approximate surface area is 250 Å². The number of ether oxygens (including phenoxy) is 5. The van der Waals surface area contributed by atoms with Crippen molar-refractivity contribution < 1.29 is 33.3 Å². The second kappa shape index (κ2) is 14.6. The Balaban J connectivity index is 1.33. The van der Waals surface area contributed by atoms with Crippen molar-refractivity contribution in [2.24, 2.45) is 5.92 Å². The number of carbonyl (C=O) groups is 2. The van der Waals surface area contributed by atoms with E-state index in [1.165, 1.54) is 0 Å². The van der Waals surface area contributed by atoms with Crippen LogP contribution in [0.15, 0.2) is 48.5 Å². The van der Waals surface area contributed by atoms with Gasteiger partial charge in [0.2, 0.25) is 5.91 Å². The molecular weight excluding hydrogens is 536 g/mol. The molecule has 2 aliphatic rings. The molecule has 0 bridgehead atoms. The van der Waals surface area contributed by atoms with Crippen LogP contribution in [0.4, 0.5) is 4.79 Å². The predicted molar refractivity (Wildman–Crippen MR) is 160 cm³/mol. The molecule has 9 nitrogen and oxygen atoms in total. The topological polar surface area (TPSA) is 86.8 Å². The number of benzene rings is 2. The molecule has 2 amide bonds. The quantitative estimate of drug-likeness (QED) is 0.355. The molecule has 1 aliphatic heterocycles. The molecule has 0 spiro atoms. The molecule has 2 fully saturated rings. The summed E-state index contributed by atoms with van der Waals surface area (Å²) in [6, 6.07) is 15.3. The zero-order chi connectivity index (χ0) is 30.1. The molecule has 9 heteroatoms. The van der Waals surface area contributed by atoms with Gasteiger partial charge in [-0.05, 0) is 95.3 Å². The van der Waals surface area contributed by atoms with E-state index in [2.05, 4.69) is 0 Å².